The smallest absolute Gasteiger partial charge is 0.307 e. The van der Waals surface area contributed by atoms with Crippen LogP contribution < -0.4 is 0 Å². The topological polar surface area (TPSA) is 63.1 Å². The van der Waals surface area contributed by atoms with Crippen molar-refractivity contribution in [2.45, 2.75) is 6.42 Å². The number of hydrogen-bond donors (Lipinski definition) is 1. The summed E-state index contributed by atoms with van der Waals surface area (Å²) in [6.07, 6.45) is 6.21. The molecule has 2 rings (SSSR count). The molecular formula is C12H9ClN2O2. The second-order valence-electron chi connectivity index (χ2n) is 3.46. The second-order valence-corrected chi connectivity index (χ2v) is 3.87. The van der Waals surface area contributed by atoms with Gasteiger partial charge in [0.2, 0.25) is 0 Å². The van der Waals surface area contributed by atoms with E-state index < -0.39 is 5.97 Å². The van der Waals surface area contributed by atoms with Crippen LogP contribution in [0.2, 0.25) is 5.02 Å². The Morgan fingerprint density at radius 2 is 2.12 bits per heavy atom. The lowest BCUT2D eigenvalue weighted by molar-refractivity contribution is -0.136. The lowest BCUT2D eigenvalue weighted by Crippen LogP contribution is -2.03. The molecule has 0 saturated heterocycles. The molecule has 2 aromatic rings. The van der Waals surface area contributed by atoms with Crippen molar-refractivity contribution in [3.05, 3.63) is 47.5 Å². The van der Waals surface area contributed by atoms with Crippen molar-refractivity contribution in [1.82, 2.24) is 9.97 Å². The maximum absolute atomic E-state index is 10.8. The Bertz CT molecular complexity index is 543. The molecule has 1 N–H and O–H groups in total. The van der Waals surface area contributed by atoms with Crippen molar-refractivity contribution in [3.8, 4) is 11.1 Å². The zero-order valence-electron chi connectivity index (χ0n) is 8.80. The predicted octanol–water partition coefficient (Wildman–Crippen LogP) is 2.42. The van der Waals surface area contributed by atoms with Crippen molar-refractivity contribution in [2.24, 2.45) is 0 Å². The van der Waals surface area contributed by atoms with Gasteiger partial charge in [-0.25, -0.2) is 0 Å². The maximum Gasteiger partial charge on any atom is 0.307 e. The third kappa shape index (κ3) is 2.60. The van der Waals surface area contributed by atoms with Gasteiger partial charge in [0.15, 0.2) is 0 Å². The first-order valence-electron chi connectivity index (χ1n) is 4.93. The molecule has 2 aromatic heterocycles. The van der Waals surface area contributed by atoms with Crippen LogP contribution in [0.1, 0.15) is 5.56 Å². The molecule has 0 unspecified atom stereocenters. The summed E-state index contributed by atoms with van der Waals surface area (Å²) < 4.78 is 0. The van der Waals surface area contributed by atoms with E-state index in [-0.39, 0.29) is 6.42 Å². The van der Waals surface area contributed by atoms with Crippen molar-refractivity contribution in [1.29, 1.82) is 0 Å². The highest BCUT2D eigenvalue weighted by Gasteiger charge is 2.12. The van der Waals surface area contributed by atoms with Gasteiger partial charge in [-0.3, -0.25) is 14.8 Å². The Morgan fingerprint density at radius 1 is 1.29 bits per heavy atom. The number of rotatable bonds is 3. The van der Waals surface area contributed by atoms with E-state index in [1.807, 2.05) is 6.07 Å². The summed E-state index contributed by atoms with van der Waals surface area (Å²) in [7, 11) is 0. The van der Waals surface area contributed by atoms with Gasteiger partial charge in [-0.2, -0.15) is 0 Å². The second kappa shape index (κ2) is 4.93. The third-order valence-electron chi connectivity index (χ3n) is 2.31. The summed E-state index contributed by atoms with van der Waals surface area (Å²) in [5, 5.41) is 9.22. The quantitative estimate of drug-likeness (QED) is 0.906. The van der Waals surface area contributed by atoms with Gasteiger partial charge >= 0.3 is 5.97 Å². The predicted molar refractivity (Wildman–Crippen MR) is 63.8 cm³/mol. The Labute approximate surface area is 103 Å². The SMILES string of the molecule is O=C(O)Cc1c(Cl)cncc1-c1cccnc1. The third-order valence-corrected chi connectivity index (χ3v) is 2.63. The lowest BCUT2D eigenvalue weighted by atomic mass is 10.0. The Hall–Kier alpha value is -1.94. The van der Waals surface area contributed by atoms with Crippen molar-refractivity contribution in [3.63, 3.8) is 0 Å². The molecule has 2 heterocycles. The number of halogens is 1. The first-order chi connectivity index (χ1) is 8.18. The summed E-state index contributed by atoms with van der Waals surface area (Å²) >= 11 is 5.98. The van der Waals surface area contributed by atoms with Crippen LogP contribution in [0.25, 0.3) is 11.1 Å². The van der Waals surface area contributed by atoms with Crippen molar-refractivity contribution in [2.75, 3.05) is 0 Å². The van der Waals surface area contributed by atoms with Crippen molar-refractivity contribution < 1.29 is 9.90 Å². The van der Waals surface area contributed by atoms with Crippen LogP contribution >= 0.6 is 11.6 Å². The van der Waals surface area contributed by atoms with Crippen LogP contribution in [-0.4, -0.2) is 21.0 Å². The van der Waals surface area contributed by atoms with E-state index in [0.29, 0.717) is 16.1 Å². The zero-order chi connectivity index (χ0) is 12.3. The van der Waals surface area contributed by atoms with Gasteiger partial charge in [0, 0.05) is 35.9 Å². The van der Waals surface area contributed by atoms with E-state index in [0.717, 1.165) is 5.56 Å². The molecule has 86 valence electrons. The van der Waals surface area contributed by atoms with Gasteiger partial charge in [0.1, 0.15) is 0 Å². The fraction of sp³-hybridized carbons (Fsp3) is 0.0833. The Balaban J connectivity index is 2.54. The first-order valence-corrected chi connectivity index (χ1v) is 5.31. The molecule has 5 heteroatoms. The molecule has 0 radical (unpaired) electrons. The van der Waals surface area contributed by atoms with Gasteiger partial charge < -0.3 is 5.11 Å². The maximum atomic E-state index is 10.8. The summed E-state index contributed by atoms with van der Waals surface area (Å²) in [5.74, 6) is -0.928. The van der Waals surface area contributed by atoms with Gasteiger partial charge in [0.25, 0.3) is 0 Å². The monoisotopic (exact) mass is 248 g/mol. The minimum atomic E-state index is -0.928. The standard InChI is InChI=1S/C12H9ClN2O2/c13-11-7-15-6-10(9(11)4-12(16)17)8-2-1-3-14-5-8/h1-3,5-7H,4H2,(H,16,17). The Morgan fingerprint density at radius 3 is 2.76 bits per heavy atom. The molecular weight excluding hydrogens is 240 g/mol. The van der Waals surface area contributed by atoms with Gasteiger partial charge in [0.05, 0.1) is 11.4 Å². The summed E-state index contributed by atoms with van der Waals surface area (Å²) in [6.45, 7) is 0. The van der Waals surface area contributed by atoms with Gasteiger partial charge in [-0.05, 0) is 11.6 Å². The number of carboxylic acids is 1. The molecule has 17 heavy (non-hydrogen) atoms. The summed E-state index contributed by atoms with van der Waals surface area (Å²) in [5.41, 5.74) is 2.06. The van der Waals surface area contributed by atoms with Gasteiger partial charge in [-0.1, -0.05) is 17.7 Å². The molecule has 0 aliphatic rings. The molecule has 0 atom stereocenters. The summed E-state index contributed by atoms with van der Waals surface area (Å²) in [6, 6.07) is 3.62. The number of hydrogen-bond acceptors (Lipinski definition) is 3. The highest BCUT2D eigenvalue weighted by Crippen LogP contribution is 2.27. The normalized spacial score (nSPS) is 10.2. The number of aromatic nitrogens is 2. The molecule has 0 fully saturated rings. The van der Waals surface area contributed by atoms with Crippen LogP contribution in [0, 0.1) is 0 Å². The molecule has 0 saturated carbocycles. The summed E-state index contributed by atoms with van der Waals surface area (Å²) in [4.78, 5) is 18.8. The fourth-order valence-electron chi connectivity index (χ4n) is 1.56. The molecule has 0 aromatic carbocycles. The van der Waals surface area contributed by atoms with E-state index in [1.165, 1.54) is 6.20 Å². The highest BCUT2D eigenvalue weighted by molar-refractivity contribution is 6.31. The molecule has 0 aliphatic carbocycles. The fourth-order valence-corrected chi connectivity index (χ4v) is 1.79. The van der Waals surface area contributed by atoms with E-state index in [4.69, 9.17) is 16.7 Å². The minimum Gasteiger partial charge on any atom is -0.481 e. The molecule has 0 bridgehead atoms. The largest absolute Gasteiger partial charge is 0.481 e. The molecule has 0 aliphatic heterocycles. The van der Waals surface area contributed by atoms with Crippen LogP contribution in [0.5, 0.6) is 0 Å². The number of carbonyl (C=O) groups is 1. The van der Waals surface area contributed by atoms with Gasteiger partial charge in [-0.15, -0.1) is 0 Å². The Kier molecular flexibility index (Phi) is 3.35. The average Bonchev–Trinajstić information content (AvgIpc) is 2.32. The minimum absolute atomic E-state index is 0.133. The molecule has 0 spiro atoms. The number of nitrogens with zero attached hydrogens (tertiary/aromatic N) is 2. The molecule has 4 nitrogen and oxygen atoms in total. The van der Waals surface area contributed by atoms with Crippen LogP contribution in [0.3, 0.4) is 0 Å². The van der Waals surface area contributed by atoms with Crippen molar-refractivity contribution >= 4 is 17.6 Å². The first kappa shape index (κ1) is 11.5. The van der Waals surface area contributed by atoms with E-state index in [2.05, 4.69) is 9.97 Å². The van der Waals surface area contributed by atoms with Crippen LogP contribution in [0.15, 0.2) is 36.9 Å². The number of carboxylic acid groups (broad SMARTS) is 1. The number of pyridine rings is 2. The van der Waals surface area contributed by atoms with E-state index >= 15 is 0 Å². The van der Waals surface area contributed by atoms with Crippen LogP contribution in [0.4, 0.5) is 0 Å². The lowest BCUT2D eigenvalue weighted by Gasteiger charge is -2.08. The zero-order valence-corrected chi connectivity index (χ0v) is 9.55. The number of aliphatic carboxylic acids is 1. The van der Waals surface area contributed by atoms with Crippen LogP contribution in [-0.2, 0) is 11.2 Å². The van der Waals surface area contributed by atoms with E-state index in [9.17, 15) is 4.79 Å². The highest BCUT2D eigenvalue weighted by atomic mass is 35.5. The average molecular weight is 249 g/mol. The van der Waals surface area contributed by atoms with E-state index in [1.54, 1.807) is 24.7 Å². The molecule has 0 amide bonds.